The minimum absolute atomic E-state index is 0.268. The van der Waals surface area contributed by atoms with E-state index in [2.05, 4.69) is 0 Å². The highest BCUT2D eigenvalue weighted by Gasteiger charge is 2.20. The largest absolute Gasteiger partial charge is 0.385 e. The van der Waals surface area contributed by atoms with Gasteiger partial charge in [0.1, 0.15) is 11.6 Å². The van der Waals surface area contributed by atoms with E-state index in [9.17, 15) is 13.6 Å². The van der Waals surface area contributed by atoms with E-state index in [1.54, 1.807) is 6.92 Å². The average molecular weight is 263 g/mol. The molecule has 94 valence electrons. The Hall–Kier alpha value is -1.00. The van der Waals surface area contributed by atoms with E-state index in [1.807, 2.05) is 0 Å². The Morgan fingerprint density at radius 1 is 1.41 bits per heavy atom. The monoisotopic (exact) mass is 262 g/mol. The van der Waals surface area contributed by atoms with Crippen molar-refractivity contribution in [3.63, 3.8) is 0 Å². The van der Waals surface area contributed by atoms with E-state index in [4.69, 9.17) is 16.3 Å². The van der Waals surface area contributed by atoms with E-state index in [1.165, 1.54) is 7.11 Å². The number of carbonyl (C=O) groups is 1. The second kappa shape index (κ2) is 6.07. The van der Waals surface area contributed by atoms with Gasteiger partial charge >= 0.3 is 0 Å². The van der Waals surface area contributed by atoms with Gasteiger partial charge < -0.3 is 4.74 Å². The molecule has 1 aromatic carbocycles. The lowest BCUT2D eigenvalue weighted by molar-refractivity contribution is 0.0889. The van der Waals surface area contributed by atoms with Crippen molar-refractivity contribution in [2.24, 2.45) is 5.92 Å². The second-order valence-electron chi connectivity index (χ2n) is 3.79. The van der Waals surface area contributed by atoms with Crippen LogP contribution < -0.4 is 0 Å². The quantitative estimate of drug-likeness (QED) is 0.600. The second-order valence-corrected chi connectivity index (χ2v) is 4.20. The molecule has 0 N–H and O–H groups in total. The minimum atomic E-state index is -0.800. The van der Waals surface area contributed by atoms with Gasteiger partial charge in [0.2, 0.25) is 0 Å². The highest BCUT2D eigenvalue weighted by molar-refractivity contribution is 6.30. The summed E-state index contributed by atoms with van der Waals surface area (Å²) in [5.41, 5.74) is -0.268. The number of Topliss-reactive ketones (excluding diaryl/α,β-unsaturated/α-hetero) is 1. The van der Waals surface area contributed by atoms with Crippen LogP contribution in [0.25, 0.3) is 0 Å². The molecule has 0 radical (unpaired) electrons. The first-order valence-corrected chi connectivity index (χ1v) is 5.52. The Morgan fingerprint density at radius 3 is 2.65 bits per heavy atom. The predicted molar refractivity (Wildman–Crippen MR) is 61.4 cm³/mol. The highest BCUT2D eigenvalue weighted by atomic mass is 35.5. The first-order chi connectivity index (χ1) is 7.97. The lowest BCUT2D eigenvalue weighted by Crippen LogP contribution is -2.15. The van der Waals surface area contributed by atoms with Gasteiger partial charge in [0.15, 0.2) is 5.78 Å². The van der Waals surface area contributed by atoms with Crippen molar-refractivity contribution < 1.29 is 18.3 Å². The minimum Gasteiger partial charge on any atom is -0.385 e. The molecule has 17 heavy (non-hydrogen) atoms. The third-order valence-electron chi connectivity index (χ3n) is 2.48. The topological polar surface area (TPSA) is 26.3 Å². The van der Waals surface area contributed by atoms with Gasteiger partial charge in [-0.05, 0) is 18.6 Å². The third kappa shape index (κ3) is 3.48. The van der Waals surface area contributed by atoms with Gasteiger partial charge in [-0.3, -0.25) is 4.79 Å². The summed E-state index contributed by atoms with van der Waals surface area (Å²) in [7, 11) is 1.51. The van der Waals surface area contributed by atoms with Gasteiger partial charge in [0, 0.05) is 19.6 Å². The van der Waals surface area contributed by atoms with Crippen LogP contribution in [0.1, 0.15) is 23.7 Å². The molecular weight excluding hydrogens is 250 g/mol. The summed E-state index contributed by atoms with van der Waals surface area (Å²) in [5.74, 6) is -2.47. The van der Waals surface area contributed by atoms with Gasteiger partial charge in [0.25, 0.3) is 0 Å². The Labute approximate surface area is 104 Å². The first-order valence-electron chi connectivity index (χ1n) is 5.15. The first kappa shape index (κ1) is 14.1. The molecule has 1 aromatic rings. The number of benzene rings is 1. The van der Waals surface area contributed by atoms with Gasteiger partial charge in [-0.15, -0.1) is 0 Å². The molecule has 0 amide bonds. The molecule has 0 aliphatic rings. The Balaban J connectivity index is 2.92. The number of ether oxygens (including phenoxy) is 1. The van der Waals surface area contributed by atoms with Crippen molar-refractivity contribution >= 4 is 17.4 Å². The smallest absolute Gasteiger partial charge is 0.168 e. The summed E-state index contributed by atoms with van der Waals surface area (Å²) in [5, 5.41) is -0.330. The zero-order valence-electron chi connectivity index (χ0n) is 9.60. The van der Waals surface area contributed by atoms with Crippen LogP contribution in [0.2, 0.25) is 5.02 Å². The number of carbonyl (C=O) groups excluding carboxylic acids is 1. The fraction of sp³-hybridized carbons (Fsp3) is 0.417. The molecule has 1 atom stereocenters. The van der Waals surface area contributed by atoms with Crippen molar-refractivity contribution in [1.29, 1.82) is 0 Å². The molecule has 0 heterocycles. The van der Waals surface area contributed by atoms with E-state index in [-0.39, 0.29) is 10.6 Å². The lowest BCUT2D eigenvalue weighted by atomic mass is 9.96. The van der Waals surface area contributed by atoms with Crippen LogP contribution in [0.3, 0.4) is 0 Å². The zero-order chi connectivity index (χ0) is 13.0. The van der Waals surface area contributed by atoms with Crippen LogP contribution in [-0.4, -0.2) is 19.5 Å². The molecule has 5 heteroatoms. The summed E-state index contributed by atoms with van der Waals surface area (Å²) in [6.45, 7) is 2.04. The zero-order valence-corrected chi connectivity index (χ0v) is 10.4. The molecule has 2 nitrogen and oxygen atoms in total. The van der Waals surface area contributed by atoms with Crippen LogP contribution in [0.4, 0.5) is 8.78 Å². The third-order valence-corrected chi connectivity index (χ3v) is 2.77. The Bertz CT molecular complexity index is 421. The molecule has 0 spiro atoms. The van der Waals surface area contributed by atoms with Crippen LogP contribution in [0.15, 0.2) is 12.1 Å². The number of methoxy groups -OCH3 is 1. The molecule has 0 aliphatic heterocycles. The van der Waals surface area contributed by atoms with Gasteiger partial charge in [-0.25, -0.2) is 8.78 Å². The fourth-order valence-corrected chi connectivity index (χ4v) is 1.55. The van der Waals surface area contributed by atoms with Crippen LogP contribution >= 0.6 is 11.6 Å². The molecule has 1 rings (SSSR count). The standard InChI is InChI=1S/C12H13ClF2O2/c1-7(3-4-17-2)12(16)8-5-11(15)9(13)6-10(8)14/h5-7H,3-4H2,1-2H3. The predicted octanol–water partition coefficient (Wildman–Crippen LogP) is 3.47. The summed E-state index contributed by atoms with van der Waals surface area (Å²) < 4.78 is 31.5. The molecule has 0 fully saturated rings. The van der Waals surface area contributed by atoms with E-state index < -0.39 is 23.3 Å². The lowest BCUT2D eigenvalue weighted by Gasteiger charge is -2.10. The summed E-state index contributed by atoms with van der Waals surface area (Å²) in [6.07, 6.45) is 0.457. The molecule has 1 unspecified atom stereocenters. The summed E-state index contributed by atoms with van der Waals surface area (Å²) >= 11 is 5.41. The molecule has 0 bridgehead atoms. The molecule has 0 aromatic heterocycles. The highest BCUT2D eigenvalue weighted by Crippen LogP contribution is 2.22. The maximum absolute atomic E-state index is 13.5. The van der Waals surface area contributed by atoms with Gasteiger partial charge in [-0.2, -0.15) is 0 Å². The van der Waals surface area contributed by atoms with E-state index >= 15 is 0 Å². The van der Waals surface area contributed by atoms with Crippen molar-refractivity contribution in [2.75, 3.05) is 13.7 Å². The summed E-state index contributed by atoms with van der Waals surface area (Å²) in [4.78, 5) is 11.8. The van der Waals surface area contributed by atoms with Crippen LogP contribution in [-0.2, 0) is 4.74 Å². The number of hydrogen-bond acceptors (Lipinski definition) is 2. The van der Waals surface area contributed by atoms with Crippen molar-refractivity contribution in [2.45, 2.75) is 13.3 Å². The van der Waals surface area contributed by atoms with Crippen LogP contribution in [0, 0.1) is 17.6 Å². The van der Waals surface area contributed by atoms with Crippen molar-refractivity contribution in [1.82, 2.24) is 0 Å². The number of ketones is 1. The van der Waals surface area contributed by atoms with Crippen LogP contribution in [0.5, 0.6) is 0 Å². The van der Waals surface area contributed by atoms with Crippen molar-refractivity contribution in [3.05, 3.63) is 34.4 Å². The summed E-state index contributed by atoms with van der Waals surface area (Å²) in [6, 6.07) is 1.65. The Kier molecular flexibility index (Phi) is 5.02. The maximum atomic E-state index is 13.5. The molecule has 0 saturated carbocycles. The normalized spacial score (nSPS) is 12.5. The Morgan fingerprint density at radius 2 is 2.06 bits per heavy atom. The van der Waals surface area contributed by atoms with Gasteiger partial charge in [-0.1, -0.05) is 18.5 Å². The molecular formula is C12H13ClF2O2. The van der Waals surface area contributed by atoms with Gasteiger partial charge in [0.05, 0.1) is 10.6 Å². The maximum Gasteiger partial charge on any atom is 0.168 e. The van der Waals surface area contributed by atoms with E-state index in [0.29, 0.717) is 13.0 Å². The number of halogens is 3. The van der Waals surface area contributed by atoms with E-state index in [0.717, 1.165) is 12.1 Å². The number of hydrogen-bond donors (Lipinski definition) is 0. The van der Waals surface area contributed by atoms with Crippen molar-refractivity contribution in [3.8, 4) is 0 Å². The fourth-order valence-electron chi connectivity index (χ4n) is 1.40. The molecule has 0 saturated heterocycles. The number of rotatable bonds is 5. The molecule has 0 aliphatic carbocycles. The SMILES string of the molecule is COCCC(C)C(=O)c1cc(F)c(Cl)cc1F. The average Bonchev–Trinajstić information content (AvgIpc) is 2.29.